The highest BCUT2D eigenvalue weighted by Gasteiger charge is 2.19. The monoisotopic (exact) mass is 295 g/mol. The summed E-state index contributed by atoms with van der Waals surface area (Å²) in [5.41, 5.74) is 1.29. The molecule has 0 amide bonds. The van der Waals surface area contributed by atoms with E-state index >= 15 is 0 Å². The molecule has 1 aromatic rings. The molecule has 0 atom stereocenters. The fraction of sp³-hybridized carbons (Fsp3) is 0.812. The van der Waals surface area contributed by atoms with Gasteiger partial charge >= 0.3 is 0 Å². The molecule has 1 saturated carbocycles. The molecule has 0 aliphatic heterocycles. The van der Waals surface area contributed by atoms with Crippen LogP contribution in [0.25, 0.3) is 0 Å². The smallest absolute Gasteiger partial charge is 0.185 e. The summed E-state index contributed by atoms with van der Waals surface area (Å²) in [6.07, 6.45) is 5.47. The van der Waals surface area contributed by atoms with Crippen LogP contribution >= 0.6 is 11.3 Å². The second-order valence-corrected chi connectivity index (χ2v) is 7.06. The fourth-order valence-corrected chi connectivity index (χ4v) is 4.22. The van der Waals surface area contributed by atoms with Crippen LogP contribution in [0.3, 0.4) is 0 Å². The molecule has 1 fully saturated rings. The van der Waals surface area contributed by atoms with E-state index in [1.165, 1.54) is 41.4 Å². The van der Waals surface area contributed by atoms with E-state index in [0.29, 0.717) is 5.92 Å². The molecule has 0 unspecified atom stereocenters. The molecule has 0 radical (unpaired) electrons. The molecule has 0 spiro atoms. The van der Waals surface area contributed by atoms with E-state index in [9.17, 15) is 0 Å². The summed E-state index contributed by atoms with van der Waals surface area (Å²) in [4.78, 5) is 8.70. The quantitative estimate of drug-likeness (QED) is 0.819. The van der Waals surface area contributed by atoms with Crippen molar-refractivity contribution < 1.29 is 0 Å². The summed E-state index contributed by atoms with van der Waals surface area (Å²) < 4.78 is 0. The maximum absolute atomic E-state index is 4.90. The van der Waals surface area contributed by atoms with E-state index < -0.39 is 0 Å². The van der Waals surface area contributed by atoms with E-state index in [1.54, 1.807) is 0 Å². The number of nitrogens with zero attached hydrogens (tertiary/aromatic N) is 2. The maximum atomic E-state index is 4.90. The van der Waals surface area contributed by atoms with Crippen LogP contribution in [-0.2, 0) is 6.54 Å². The first-order valence-electron chi connectivity index (χ1n) is 8.13. The molecule has 1 aliphatic rings. The van der Waals surface area contributed by atoms with Crippen LogP contribution in [0.15, 0.2) is 0 Å². The normalized spacial score (nSPS) is 16.2. The van der Waals surface area contributed by atoms with Gasteiger partial charge in [-0.3, -0.25) is 0 Å². The molecule has 1 heterocycles. The number of hydrogen-bond acceptors (Lipinski definition) is 4. The van der Waals surface area contributed by atoms with Crippen LogP contribution in [-0.4, -0.2) is 24.1 Å². The van der Waals surface area contributed by atoms with Crippen molar-refractivity contribution >= 4 is 16.5 Å². The number of nitrogens with one attached hydrogen (secondary N) is 1. The SMILES string of the molecule is CCN(CC)c1nc(C(C)C)c(CNC2CCCC2)s1. The number of hydrogen-bond donors (Lipinski definition) is 1. The third kappa shape index (κ3) is 3.73. The van der Waals surface area contributed by atoms with E-state index in [2.05, 4.69) is 37.9 Å². The standard InChI is InChI=1S/C16H29N3S/c1-5-19(6-2)16-18-15(12(3)4)14(20-16)11-17-13-9-7-8-10-13/h12-13,17H,5-11H2,1-4H3. The molecule has 0 saturated heterocycles. The van der Waals surface area contributed by atoms with Gasteiger partial charge in [0, 0.05) is 30.6 Å². The molecule has 0 aromatic carbocycles. The van der Waals surface area contributed by atoms with Gasteiger partial charge in [-0.1, -0.05) is 26.7 Å². The molecule has 0 bridgehead atoms. The van der Waals surface area contributed by atoms with Crippen molar-refractivity contribution in [2.24, 2.45) is 0 Å². The van der Waals surface area contributed by atoms with Crippen LogP contribution in [0.4, 0.5) is 5.13 Å². The maximum Gasteiger partial charge on any atom is 0.185 e. The second-order valence-electron chi connectivity index (χ2n) is 5.99. The minimum atomic E-state index is 0.510. The summed E-state index contributed by atoms with van der Waals surface area (Å²) in [7, 11) is 0. The third-order valence-electron chi connectivity index (χ3n) is 4.20. The lowest BCUT2D eigenvalue weighted by Gasteiger charge is -2.16. The predicted molar refractivity (Wildman–Crippen MR) is 88.9 cm³/mol. The van der Waals surface area contributed by atoms with Crippen LogP contribution in [0.5, 0.6) is 0 Å². The van der Waals surface area contributed by atoms with Crippen molar-refractivity contribution in [3.8, 4) is 0 Å². The van der Waals surface area contributed by atoms with Crippen LogP contribution in [0.1, 0.15) is 69.9 Å². The average Bonchev–Trinajstić information content (AvgIpc) is 3.07. The molecule has 3 nitrogen and oxygen atoms in total. The van der Waals surface area contributed by atoms with Gasteiger partial charge in [-0.05, 0) is 32.6 Å². The largest absolute Gasteiger partial charge is 0.349 e. The molecule has 1 aliphatic carbocycles. The Morgan fingerprint density at radius 3 is 2.45 bits per heavy atom. The van der Waals surface area contributed by atoms with Gasteiger partial charge in [0.05, 0.1) is 5.69 Å². The van der Waals surface area contributed by atoms with Gasteiger partial charge in [-0.25, -0.2) is 4.98 Å². The first kappa shape index (κ1) is 15.8. The molecular weight excluding hydrogens is 266 g/mol. The lowest BCUT2D eigenvalue weighted by Crippen LogP contribution is -2.25. The number of thiazole rings is 1. The molecule has 4 heteroatoms. The predicted octanol–water partition coefficient (Wildman–Crippen LogP) is 4.14. The second kappa shape index (κ2) is 7.41. The van der Waals surface area contributed by atoms with Gasteiger partial charge < -0.3 is 10.2 Å². The van der Waals surface area contributed by atoms with Crippen molar-refractivity contribution in [2.45, 2.75) is 71.9 Å². The zero-order valence-corrected chi connectivity index (χ0v) is 14.2. The third-order valence-corrected chi connectivity index (χ3v) is 5.34. The first-order valence-corrected chi connectivity index (χ1v) is 8.95. The topological polar surface area (TPSA) is 28.2 Å². The molecule has 20 heavy (non-hydrogen) atoms. The fourth-order valence-electron chi connectivity index (χ4n) is 2.92. The highest BCUT2D eigenvalue weighted by Crippen LogP contribution is 2.31. The Morgan fingerprint density at radius 1 is 1.25 bits per heavy atom. The molecule has 2 rings (SSSR count). The highest BCUT2D eigenvalue weighted by atomic mass is 32.1. The first-order chi connectivity index (χ1) is 9.65. The van der Waals surface area contributed by atoms with Crippen molar-refractivity contribution in [1.29, 1.82) is 0 Å². The van der Waals surface area contributed by atoms with Crippen molar-refractivity contribution in [1.82, 2.24) is 10.3 Å². The summed E-state index contributed by atoms with van der Waals surface area (Å²) in [6.45, 7) is 12.0. The average molecular weight is 295 g/mol. The van der Waals surface area contributed by atoms with Gasteiger partial charge in [0.1, 0.15) is 0 Å². The Morgan fingerprint density at radius 2 is 1.90 bits per heavy atom. The van der Waals surface area contributed by atoms with Crippen molar-refractivity contribution in [2.75, 3.05) is 18.0 Å². The van der Waals surface area contributed by atoms with Crippen LogP contribution in [0, 0.1) is 0 Å². The summed E-state index contributed by atoms with van der Waals surface area (Å²) in [5.74, 6) is 0.510. The lowest BCUT2D eigenvalue weighted by molar-refractivity contribution is 0.524. The molecule has 114 valence electrons. The molecule has 1 N–H and O–H groups in total. The van der Waals surface area contributed by atoms with Gasteiger partial charge in [-0.15, -0.1) is 11.3 Å². The number of rotatable bonds is 7. The van der Waals surface area contributed by atoms with Crippen LogP contribution < -0.4 is 10.2 Å². The Bertz CT molecular complexity index is 404. The van der Waals surface area contributed by atoms with Gasteiger partial charge in [0.15, 0.2) is 5.13 Å². The van der Waals surface area contributed by atoms with Gasteiger partial charge in [-0.2, -0.15) is 0 Å². The Kier molecular flexibility index (Phi) is 5.85. The molecule has 1 aromatic heterocycles. The highest BCUT2D eigenvalue weighted by molar-refractivity contribution is 7.15. The van der Waals surface area contributed by atoms with Crippen LogP contribution in [0.2, 0.25) is 0 Å². The van der Waals surface area contributed by atoms with Gasteiger partial charge in [0.25, 0.3) is 0 Å². The van der Waals surface area contributed by atoms with Crippen molar-refractivity contribution in [3.63, 3.8) is 0 Å². The zero-order chi connectivity index (χ0) is 14.5. The Labute approximate surface area is 127 Å². The van der Waals surface area contributed by atoms with Crippen molar-refractivity contribution in [3.05, 3.63) is 10.6 Å². The van der Waals surface area contributed by atoms with E-state index in [4.69, 9.17) is 4.98 Å². The minimum absolute atomic E-state index is 0.510. The number of anilines is 1. The lowest BCUT2D eigenvalue weighted by atomic mass is 10.1. The zero-order valence-electron chi connectivity index (χ0n) is 13.4. The molecular formula is C16H29N3S. The van der Waals surface area contributed by atoms with Gasteiger partial charge in [0.2, 0.25) is 0 Å². The summed E-state index contributed by atoms with van der Waals surface area (Å²) in [5, 5.41) is 4.93. The van der Waals surface area contributed by atoms with E-state index in [0.717, 1.165) is 25.7 Å². The minimum Gasteiger partial charge on any atom is -0.349 e. The summed E-state index contributed by atoms with van der Waals surface area (Å²) >= 11 is 1.88. The Balaban J connectivity index is 2.08. The van der Waals surface area contributed by atoms with E-state index in [1.807, 2.05) is 11.3 Å². The summed E-state index contributed by atoms with van der Waals surface area (Å²) in [6, 6.07) is 0.731. The van der Waals surface area contributed by atoms with E-state index in [-0.39, 0.29) is 0 Å². The Hall–Kier alpha value is -0.610. The number of aromatic nitrogens is 1.